The van der Waals surface area contributed by atoms with Crippen LogP contribution in [0.5, 0.6) is 0 Å². The van der Waals surface area contributed by atoms with E-state index in [9.17, 15) is 4.39 Å². The zero-order chi connectivity index (χ0) is 13.8. The van der Waals surface area contributed by atoms with Gasteiger partial charge in [0.2, 0.25) is 0 Å². The van der Waals surface area contributed by atoms with Gasteiger partial charge in [0.15, 0.2) is 0 Å². The SMILES string of the molecule is CC(C)CNCc1cnnn1-c1cc(F)ccc1Br. The monoisotopic (exact) mass is 326 g/mol. The topological polar surface area (TPSA) is 42.7 Å². The van der Waals surface area contributed by atoms with Crippen molar-refractivity contribution in [3.8, 4) is 5.69 Å². The van der Waals surface area contributed by atoms with E-state index in [1.807, 2.05) is 0 Å². The molecule has 4 nitrogen and oxygen atoms in total. The van der Waals surface area contributed by atoms with E-state index in [0.29, 0.717) is 18.2 Å². The van der Waals surface area contributed by atoms with Crippen LogP contribution in [0.1, 0.15) is 19.5 Å². The standard InChI is InChI=1S/C13H16BrFN4/c1-9(2)6-16-7-11-8-17-18-19(11)13-5-10(15)3-4-12(13)14/h3-5,8-9,16H,6-7H2,1-2H3. The van der Waals surface area contributed by atoms with E-state index < -0.39 is 0 Å². The third-order valence-electron chi connectivity index (χ3n) is 2.61. The molecule has 0 aliphatic carbocycles. The first-order valence-corrected chi connectivity index (χ1v) is 6.93. The van der Waals surface area contributed by atoms with Crippen LogP contribution in [0.25, 0.3) is 5.69 Å². The highest BCUT2D eigenvalue weighted by molar-refractivity contribution is 9.10. The second-order valence-corrected chi connectivity index (χ2v) is 5.61. The summed E-state index contributed by atoms with van der Waals surface area (Å²) >= 11 is 3.40. The van der Waals surface area contributed by atoms with Gasteiger partial charge < -0.3 is 5.32 Å². The first-order chi connectivity index (χ1) is 9.08. The lowest BCUT2D eigenvalue weighted by atomic mass is 10.2. The lowest BCUT2D eigenvalue weighted by molar-refractivity contribution is 0.542. The van der Waals surface area contributed by atoms with Crippen molar-refractivity contribution in [2.45, 2.75) is 20.4 Å². The Bertz CT molecular complexity index is 553. The van der Waals surface area contributed by atoms with Crippen molar-refractivity contribution in [2.75, 3.05) is 6.54 Å². The smallest absolute Gasteiger partial charge is 0.125 e. The molecular formula is C13H16BrFN4. The molecule has 102 valence electrons. The number of hydrogen-bond acceptors (Lipinski definition) is 3. The summed E-state index contributed by atoms with van der Waals surface area (Å²) in [6.45, 7) is 5.85. The van der Waals surface area contributed by atoms with E-state index in [4.69, 9.17) is 0 Å². The van der Waals surface area contributed by atoms with Gasteiger partial charge >= 0.3 is 0 Å². The molecule has 2 rings (SSSR count). The normalized spacial score (nSPS) is 11.2. The Morgan fingerprint density at radius 1 is 1.42 bits per heavy atom. The molecule has 19 heavy (non-hydrogen) atoms. The molecule has 1 aromatic heterocycles. The van der Waals surface area contributed by atoms with Gasteiger partial charge in [0.05, 0.1) is 17.6 Å². The number of benzene rings is 1. The van der Waals surface area contributed by atoms with Gasteiger partial charge in [-0.3, -0.25) is 0 Å². The zero-order valence-corrected chi connectivity index (χ0v) is 12.5. The molecule has 6 heteroatoms. The molecule has 0 saturated carbocycles. The molecule has 0 amide bonds. The van der Waals surface area contributed by atoms with Crippen molar-refractivity contribution in [1.82, 2.24) is 20.3 Å². The Labute approximate surface area is 120 Å². The van der Waals surface area contributed by atoms with Crippen LogP contribution in [-0.4, -0.2) is 21.5 Å². The second-order valence-electron chi connectivity index (χ2n) is 4.76. The first kappa shape index (κ1) is 14.1. The Morgan fingerprint density at radius 3 is 2.95 bits per heavy atom. The van der Waals surface area contributed by atoms with Gasteiger partial charge in [-0.1, -0.05) is 19.1 Å². The summed E-state index contributed by atoms with van der Waals surface area (Å²) in [6.07, 6.45) is 1.69. The van der Waals surface area contributed by atoms with Gasteiger partial charge in [0.25, 0.3) is 0 Å². The number of rotatable bonds is 5. The third kappa shape index (κ3) is 3.61. The average molecular weight is 327 g/mol. The Hall–Kier alpha value is -1.27. The van der Waals surface area contributed by atoms with Crippen LogP contribution in [0, 0.1) is 11.7 Å². The minimum Gasteiger partial charge on any atom is -0.311 e. The number of nitrogens with zero attached hydrogens (tertiary/aromatic N) is 3. The van der Waals surface area contributed by atoms with Crippen molar-refractivity contribution in [2.24, 2.45) is 5.92 Å². The summed E-state index contributed by atoms with van der Waals surface area (Å²) in [5.74, 6) is 0.278. The Balaban J connectivity index is 2.21. The second kappa shape index (κ2) is 6.25. The molecule has 0 aliphatic rings. The highest BCUT2D eigenvalue weighted by Gasteiger charge is 2.10. The van der Waals surface area contributed by atoms with Gasteiger partial charge in [-0.15, -0.1) is 5.10 Å². The fourth-order valence-electron chi connectivity index (χ4n) is 1.72. The maximum absolute atomic E-state index is 13.3. The molecule has 0 bridgehead atoms. The number of nitrogens with one attached hydrogen (secondary N) is 1. The highest BCUT2D eigenvalue weighted by Crippen LogP contribution is 2.22. The van der Waals surface area contributed by atoms with Gasteiger partial charge in [0.1, 0.15) is 5.82 Å². The largest absolute Gasteiger partial charge is 0.311 e. The Kier molecular flexibility index (Phi) is 4.66. The number of hydrogen-bond donors (Lipinski definition) is 1. The minimum absolute atomic E-state index is 0.296. The molecule has 0 atom stereocenters. The van der Waals surface area contributed by atoms with Crippen molar-refractivity contribution in [3.05, 3.63) is 40.4 Å². The summed E-state index contributed by atoms with van der Waals surface area (Å²) in [4.78, 5) is 0. The van der Waals surface area contributed by atoms with E-state index in [2.05, 4.69) is 45.4 Å². The molecule has 0 fully saturated rings. The Morgan fingerprint density at radius 2 is 2.21 bits per heavy atom. The summed E-state index contributed by atoms with van der Waals surface area (Å²) in [5, 5.41) is 11.2. The molecule has 1 heterocycles. The number of aromatic nitrogens is 3. The summed E-state index contributed by atoms with van der Waals surface area (Å²) in [6, 6.07) is 4.50. The molecule has 1 aromatic carbocycles. The fourth-order valence-corrected chi connectivity index (χ4v) is 2.13. The van der Waals surface area contributed by atoms with E-state index >= 15 is 0 Å². The van der Waals surface area contributed by atoms with Crippen LogP contribution in [0.15, 0.2) is 28.9 Å². The summed E-state index contributed by atoms with van der Waals surface area (Å²) < 4.78 is 15.8. The van der Waals surface area contributed by atoms with Gasteiger partial charge in [-0.05, 0) is 40.5 Å². The predicted molar refractivity (Wildman–Crippen MR) is 75.6 cm³/mol. The van der Waals surface area contributed by atoms with E-state index in [0.717, 1.165) is 16.7 Å². The number of halogens is 2. The van der Waals surface area contributed by atoms with Crippen LogP contribution >= 0.6 is 15.9 Å². The summed E-state index contributed by atoms with van der Waals surface area (Å²) in [5.41, 5.74) is 1.55. The highest BCUT2D eigenvalue weighted by atomic mass is 79.9. The van der Waals surface area contributed by atoms with Crippen LogP contribution < -0.4 is 5.32 Å². The van der Waals surface area contributed by atoms with Crippen LogP contribution in [0.4, 0.5) is 4.39 Å². The van der Waals surface area contributed by atoms with Gasteiger partial charge in [-0.25, -0.2) is 9.07 Å². The molecular weight excluding hydrogens is 311 g/mol. The van der Waals surface area contributed by atoms with E-state index in [-0.39, 0.29) is 5.82 Å². The molecule has 0 aliphatic heterocycles. The quantitative estimate of drug-likeness (QED) is 0.918. The lowest BCUT2D eigenvalue weighted by Gasteiger charge is -2.10. The van der Waals surface area contributed by atoms with Crippen molar-refractivity contribution < 1.29 is 4.39 Å². The predicted octanol–water partition coefficient (Wildman–Crippen LogP) is 2.91. The average Bonchev–Trinajstić information content (AvgIpc) is 2.80. The van der Waals surface area contributed by atoms with Crippen LogP contribution in [0.3, 0.4) is 0 Å². The van der Waals surface area contributed by atoms with Crippen LogP contribution in [0.2, 0.25) is 0 Å². The zero-order valence-electron chi connectivity index (χ0n) is 10.9. The molecule has 0 saturated heterocycles. The summed E-state index contributed by atoms with van der Waals surface area (Å²) in [7, 11) is 0. The van der Waals surface area contributed by atoms with Crippen molar-refractivity contribution in [1.29, 1.82) is 0 Å². The maximum Gasteiger partial charge on any atom is 0.125 e. The first-order valence-electron chi connectivity index (χ1n) is 6.13. The third-order valence-corrected chi connectivity index (χ3v) is 3.29. The fraction of sp³-hybridized carbons (Fsp3) is 0.385. The molecule has 0 unspecified atom stereocenters. The van der Waals surface area contributed by atoms with E-state index in [1.54, 1.807) is 16.9 Å². The van der Waals surface area contributed by atoms with Crippen molar-refractivity contribution in [3.63, 3.8) is 0 Å². The van der Waals surface area contributed by atoms with E-state index in [1.165, 1.54) is 12.1 Å². The molecule has 1 N–H and O–H groups in total. The van der Waals surface area contributed by atoms with Gasteiger partial charge in [-0.2, -0.15) is 0 Å². The van der Waals surface area contributed by atoms with Crippen LogP contribution in [-0.2, 0) is 6.54 Å². The van der Waals surface area contributed by atoms with Gasteiger partial charge in [0, 0.05) is 17.1 Å². The molecule has 0 radical (unpaired) electrons. The minimum atomic E-state index is -0.296. The van der Waals surface area contributed by atoms with Crippen molar-refractivity contribution >= 4 is 15.9 Å². The lowest BCUT2D eigenvalue weighted by Crippen LogP contribution is -2.21. The molecule has 2 aromatic rings. The maximum atomic E-state index is 13.3. The molecule has 0 spiro atoms.